The molecule has 0 rings (SSSR count). The third kappa shape index (κ3) is 6.78. The average Bonchev–Trinajstić information content (AvgIpc) is 2.16. The van der Waals surface area contributed by atoms with E-state index >= 15 is 0 Å². The van der Waals surface area contributed by atoms with Gasteiger partial charge in [-0.05, 0) is 20.3 Å². The normalized spacial score (nSPS) is 12.9. The van der Waals surface area contributed by atoms with Crippen LogP contribution in [0.3, 0.4) is 0 Å². The van der Waals surface area contributed by atoms with Gasteiger partial charge in [0.05, 0.1) is 6.54 Å². The van der Waals surface area contributed by atoms with E-state index in [9.17, 15) is 9.59 Å². The number of hydrogen-bond donors (Lipinski definition) is 3. The molecule has 0 aromatic rings. The molecule has 3 N–H and O–H groups in total. The number of carboxylic acid groups (broad SMARTS) is 1. The number of amides is 2. The lowest BCUT2D eigenvalue weighted by Crippen LogP contribution is -2.50. The topological polar surface area (TPSA) is 87.7 Å². The minimum absolute atomic E-state index is 0.0557. The smallest absolute Gasteiger partial charge is 0.334 e. The highest BCUT2D eigenvalue weighted by Gasteiger charge is 2.21. The number of carbonyl (C=O) groups excluding carboxylic acids is 1. The Balaban J connectivity index is 4.06. The number of urea groups is 1. The number of aliphatic carboxylic acids is 1. The van der Waals surface area contributed by atoms with Gasteiger partial charge in [-0.1, -0.05) is 13.3 Å². The molecule has 0 saturated carbocycles. The summed E-state index contributed by atoms with van der Waals surface area (Å²) in [6.07, 6.45) is 0.797. The van der Waals surface area contributed by atoms with Crippen molar-refractivity contribution in [2.24, 2.45) is 0 Å². The average molecular weight is 246 g/mol. The van der Waals surface area contributed by atoms with E-state index in [0.29, 0.717) is 0 Å². The van der Waals surface area contributed by atoms with Crippen LogP contribution in [0.4, 0.5) is 4.79 Å². The van der Waals surface area contributed by atoms with Crippen LogP contribution in [0.15, 0.2) is 0 Å². The van der Waals surface area contributed by atoms with Gasteiger partial charge in [0, 0.05) is 12.6 Å². The van der Waals surface area contributed by atoms with Crippen LogP contribution in [0.25, 0.3) is 0 Å². The Bertz CT molecular complexity index is 266. The van der Waals surface area contributed by atoms with Crippen molar-refractivity contribution in [3.63, 3.8) is 0 Å². The third-order valence-electron chi connectivity index (χ3n) is 2.33. The first-order valence-corrected chi connectivity index (χ1v) is 5.64. The first-order chi connectivity index (χ1) is 7.82. The summed E-state index contributed by atoms with van der Waals surface area (Å²) >= 11 is 0. The SMILES string of the molecule is CCCC(C)(C)NC(=O)NCC(OC)C(=O)O. The summed E-state index contributed by atoms with van der Waals surface area (Å²) in [5, 5.41) is 14.0. The van der Waals surface area contributed by atoms with Gasteiger partial charge in [-0.3, -0.25) is 0 Å². The number of ether oxygens (including phenoxy) is 1. The Morgan fingerprint density at radius 2 is 2.00 bits per heavy atom. The van der Waals surface area contributed by atoms with Crippen molar-refractivity contribution in [3.05, 3.63) is 0 Å². The van der Waals surface area contributed by atoms with Gasteiger partial charge < -0.3 is 20.5 Å². The summed E-state index contributed by atoms with van der Waals surface area (Å²) in [5.41, 5.74) is -0.301. The molecule has 2 amide bonds. The fourth-order valence-electron chi connectivity index (χ4n) is 1.50. The molecule has 0 aliphatic rings. The highest BCUT2D eigenvalue weighted by Crippen LogP contribution is 2.09. The molecule has 1 unspecified atom stereocenters. The van der Waals surface area contributed by atoms with Crippen LogP contribution >= 0.6 is 0 Å². The molecular formula is C11H22N2O4. The molecule has 0 aliphatic heterocycles. The van der Waals surface area contributed by atoms with Gasteiger partial charge >= 0.3 is 12.0 Å². The molecule has 6 nitrogen and oxygen atoms in total. The van der Waals surface area contributed by atoms with Crippen molar-refractivity contribution in [1.82, 2.24) is 10.6 Å². The lowest BCUT2D eigenvalue weighted by Gasteiger charge is -2.26. The first-order valence-electron chi connectivity index (χ1n) is 5.64. The van der Waals surface area contributed by atoms with E-state index in [2.05, 4.69) is 10.6 Å². The summed E-state index contributed by atoms with van der Waals surface area (Å²) in [7, 11) is 1.29. The summed E-state index contributed by atoms with van der Waals surface area (Å²) in [6.45, 7) is 5.81. The van der Waals surface area contributed by atoms with Gasteiger partial charge in [0.15, 0.2) is 6.10 Å². The second-order valence-electron chi connectivity index (χ2n) is 4.53. The molecule has 0 saturated heterocycles. The van der Waals surface area contributed by atoms with Crippen LogP contribution in [0.5, 0.6) is 0 Å². The zero-order chi connectivity index (χ0) is 13.5. The number of rotatable bonds is 7. The van der Waals surface area contributed by atoms with E-state index in [0.717, 1.165) is 12.8 Å². The summed E-state index contributed by atoms with van der Waals surface area (Å²) < 4.78 is 4.70. The molecule has 0 aliphatic carbocycles. The number of nitrogens with one attached hydrogen (secondary N) is 2. The Kier molecular flexibility index (Phi) is 6.57. The van der Waals surface area contributed by atoms with Gasteiger partial charge in [-0.25, -0.2) is 9.59 Å². The second kappa shape index (κ2) is 7.11. The molecule has 0 aromatic heterocycles. The monoisotopic (exact) mass is 246 g/mol. The Morgan fingerprint density at radius 1 is 1.41 bits per heavy atom. The third-order valence-corrected chi connectivity index (χ3v) is 2.33. The van der Waals surface area contributed by atoms with E-state index < -0.39 is 12.1 Å². The zero-order valence-corrected chi connectivity index (χ0v) is 10.9. The number of methoxy groups -OCH3 is 1. The Hall–Kier alpha value is -1.30. The maximum absolute atomic E-state index is 11.5. The van der Waals surface area contributed by atoms with Gasteiger partial charge in [-0.2, -0.15) is 0 Å². The number of hydrogen-bond acceptors (Lipinski definition) is 3. The maximum atomic E-state index is 11.5. The van der Waals surface area contributed by atoms with Crippen molar-refractivity contribution in [1.29, 1.82) is 0 Å². The van der Waals surface area contributed by atoms with Crippen LogP contribution < -0.4 is 10.6 Å². The molecule has 17 heavy (non-hydrogen) atoms. The molecule has 100 valence electrons. The molecule has 0 spiro atoms. The van der Waals surface area contributed by atoms with E-state index in [4.69, 9.17) is 9.84 Å². The van der Waals surface area contributed by atoms with Crippen LogP contribution in [-0.2, 0) is 9.53 Å². The molecule has 1 atom stereocenters. The van der Waals surface area contributed by atoms with Crippen LogP contribution in [0.2, 0.25) is 0 Å². The fourth-order valence-corrected chi connectivity index (χ4v) is 1.50. The lowest BCUT2D eigenvalue weighted by atomic mass is 9.99. The molecule has 0 heterocycles. The number of carbonyl (C=O) groups is 2. The van der Waals surface area contributed by atoms with Gasteiger partial charge in [0.25, 0.3) is 0 Å². The van der Waals surface area contributed by atoms with Crippen LogP contribution in [-0.4, -0.2) is 42.4 Å². The second-order valence-corrected chi connectivity index (χ2v) is 4.53. The minimum atomic E-state index is -1.10. The van der Waals surface area contributed by atoms with Crippen molar-refractivity contribution < 1.29 is 19.4 Å². The molecular weight excluding hydrogens is 224 g/mol. The van der Waals surface area contributed by atoms with Gasteiger partial charge in [0.1, 0.15) is 0 Å². The zero-order valence-electron chi connectivity index (χ0n) is 10.9. The summed E-state index contributed by atoms with van der Waals surface area (Å²) in [5.74, 6) is -1.10. The predicted octanol–water partition coefficient (Wildman–Crippen LogP) is 0.964. The quantitative estimate of drug-likeness (QED) is 0.624. The van der Waals surface area contributed by atoms with E-state index in [1.807, 2.05) is 20.8 Å². The molecule has 6 heteroatoms. The molecule has 0 bridgehead atoms. The number of carboxylic acids is 1. The standard InChI is InChI=1S/C11H22N2O4/c1-5-6-11(2,3)13-10(16)12-7-8(17-4)9(14)15/h8H,5-7H2,1-4H3,(H,14,15)(H2,12,13,16). The van der Waals surface area contributed by atoms with Crippen molar-refractivity contribution >= 4 is 12.0 Å². The largest absolute Gasteiger partial charge is 0.479 e. The molecule has 0 fully saturated rings. The Labute approximate surface area is 102 Å². The van der Waals surface area contributed by atoms with Crippen molar-refractivity contribution in [3.8, 4) is 0 Å². The maximum Gasteiger partial charge on any atom is 0.334 e. The van der Waals surface area contributed by atoms with E-state index in [1.54, 1.807) is 0 Å². The lowest BCUT2D eigenvalue weighted by molar-refractivity contribution is -0.147. The minimum Gasteiger partial charge on any atom is -0.479 e. The van der Waals surface area contributed by atoms with Crippen LogP contribution in [0, 0.1) is 0 Å². The van der Waals surface area contributed by atoms with Crippen molar-refractivity contribution in [2.75, 3.05) is 13.7 Å². The molecule has 0 aromatic carbocycles. The van der Waals surface area contributed by atoms with Crippen LogP contribution in [0.1, 0.15) is 33.6 Å². The van der Waals surface area contributed by atoms with E-state index in [1.165, 1.54) is 7.11 Å². The highest BCUT2D eigenvalue weighted by atomic mass is 16.5. The molecule has 0 radical (unpaired) electrons. The van der Waals surface area contributed by atoms with Crippen molar-refractivity contribution in [2.45, 2.75) is 45.3 Å². The predicted molar refractivity (Wildman–Crippen MR) is 64.0 cm³/mol. The van der Waals surface area contributed by atoms with E-state index in [-0.39, 0.29) is 18.1 Å². The first kappa shape index (κ1) is 15.7. The Morgan fingerprint density at radius 3 is 2.41 bits per heavy atom. The van der Waals surface area contributed by atoms with Gasteiger partial charge in [-0.15, -0.1) is 0 Å². The highest BCUT2D eigenvalue weighted by molar-refractivity contribution is 5.77. The summed E-state index contributed by atoms with van der Waals surface area (Å²) in [4.78, 5) is 22.1. The fraction of sp³-hybridized carbons (Fsp3) is 0.818. The summed E-state index contributed by atoms with van der Waals surface area (Å²) in [6, 6.07) is -0.383. The van der Waals surface area contributed by atoms with Gasteiger partial charge in [0.2, 0.25) is 0 Å².